The molecule has 0 aliphatic carbocycles. The van der Waals surface area contributed by atoms with Gasteiger partial charge >= 0.3 is 6.03 Å². The number of aryl methyl sites for hydroxylation is 1. The highest BCUT2D eigenvalue weighted by Gasteiger charge is 2.38. The highest BCUT2D eigenvalue weighted by molar-refractivity contribution is 6.30. The molecule has 1 aromatic carbocycles. The van der Waals surface area contributed by atoms with E-state index in [1.165, 1.54) is 36.7 Å². The predicted octanol–water partition coefficient (Wildman–Crippen LogP) is 1.90. The maximum atomic E-state index is 13.7. The van der Waals surface area contributed by atoms with E-state index in [1.54, 1.807) is 24.4 Å². The van der Waals surface area contributed by atoms with Crippen LogP contribution >= 0.6 is 0 Å². The quantitative estimate of drug-likeness (QED) is 0.397. The molecule has 2 fully saturated rings. The number of amides is 4. The Morgan fingerprint density at radius 2 is 1.46 bits per heavy atom. The van der Waals surface area contributed by atoms with E-state index in [1.807, 2.05) is 17.9 Å². The first-order valence-corrected chi connectivity index (χ1v) is 11.8. The average molecular weight is 505 g/mol. The Morgan fingerprint density at radius 1 is 0.865 bits per heavy atom. The summed E-state index contributed by atoms with van der Waals surface area (Å²) in [7, 11) is 2.57. The summed E-state index contributed by atoms with van der Waals surface area (Å²) >= 11 is 0. The van der Waals surface area contributed by atoms with Gasteiger partial charge in [0.1, 0.15) is 22.9 Å². The Kier molecular flexibility index (Phi) is 5.98. The molecule has 0 radical (unpaired) electrons. The summed E-state index contributed by atoms with van der Waals surface area (Å²) in [6.07, 6.45) is 2.83. The molecule has 2 aromatic heterocycles. The summed E-state index contributed by atoms with van der Waals surface area (Å²) in [6, 6.07) is 9.10. The molecule has 2 saturated heterocycles. The molecule has 4 amide bonds. The molecule has 5 rings (SSSR count). The van der Waals surface area contributed by atoms with Crippen molar-refractivity contribution in [2.75, 3.05) is 50.1 Å². The molecular weight excluding hydrogens is 479 g/mol. The van der Waals surface area contributed by atoms with Crippen LogP contribution in [0.4, 0.5) is 20.7 Å². The molecule has 0 bridgehead atoms. The lowest BCUT2D eigenvalue weighted by Gasteiger charge is -2.37. The Hall–Kier alpha value is -4.54. The zero-order chi connectivity index (χ0) is 26.4. The molecule has 0 spiro atoms. The molecule has 0 atom stereocenters. The van der Waals surface area contributed by atoms with Crippen LogP contribution < -0.4 is 15.4 Å². The van der Waals surface area contributed by atoms with Crippen molar-refractivity contribution in [3.63, 3.8) is 0 Å². The molecule has 3 aromatic rings. The summed E-state index contributed by atoms with van der Waals surface area (Å²) in [5, 5.41) is 0. The second-order valence-corrected chi connectivity index (χ2v) is 9.06. The molecule has 0 saturated carbocycles. The maximum absolute atomic E-state index is 13.7. The zero-order valence-corrected chi connectivity index (χ0v) is 20.6. The topological polar surface area (TPSA) is 98.5 Å². The molecule has 2 aliphatic rings. The number of carbonyl (C=O) groups is 3. The third-order valence-corrected chi connectivity index (χ3v) is 6.77. The van der Waals surface area contributed by atoms with Crippen LogP contribution in [0.25, 0.3) is 11.7 Å². The number of imide groups is 2. The van der Waals surface area contributed by atoms with Crippen LogP contribution in [0.2, 0.25) is 0 Å². The number of aromatic nitrogens is 2. The molecular formula is C26H25FN6O4. The third-order valence-electron chi connectivity index (χ3n) is 6.77. The number of likely N-dealkylation sites (N-methyl/N-ethyl adjacent to an activating group) is 2. The average Bonchev–Trinajstić information content (AvgIpc) is 2.91. The van der Waals surface area contributed by atoms with Crippen molar-refractivity contribution in [3.05, 3.63) is 75.5 Å². The van der Waals surface area contributed by atoms with Crippen molar-refractivity contribution in [1.29, 1.82) is 0 Å². The minimum Gasteiger partial charge on any atom is -0.368 e. The second-order valence-electron chi connectivity index (χ2n) is 9.06. The second kappa shape index (κ2) is 9.16. The van der Waals surface area contributed by atoms with Crippen LogP contribution in [0.15, 0.2) is 53.0 Å². The van der Waals surface area contributed by atoms with Gasteiger partial charge in [0.25, 0.3) is 17.4 Å². The summed E-state index contributed by atoms with van der Waals surface area (Å²) in [6.45, 7) is 4.03. The van der Waals surface area contributed by atoms with Gasteiger partial charge in [-0.05, 0) is 48.9 Å². The van der Waals surface area contributed by atoms with Gasteiger partial charge in [-0.3, -0.25) is 28.6 Å². The van der Waals surface area contributed by atoms with Crippen LogP contribution in [-0.2, 0) is 9.59 Å². The Morgan fingerprint density at radius 3 is 2.08 bits per heavy atom. The zero-order valence-electron chi connectivity index (χ0n) is 20.6. The first-order chi connectivity index (χ1) is 17.7. The Bertz CT molecular complexity index is 1500. The lowest BCUT2D eigenvalue weighted by molar-refractivity contribution is -0.134. The number of anilines is 2. The molecule has 190 valence electrons. The van der Waals surface area contributed by atoms with Gasteiger partial charge in [-0.1, -0.05) is 6.07 Å². The van der Waals surface area contributed by atoms with E-state index in [0.717, 1.165) is 21.1 Å². The van der Waals surface area contributed by atoms with Crippen LogP contribution in [0.3, 0.4) is 0 Å². The molecule has 4 heterocycles. The number of fused-ring (bicyclic) bond motifs is 1. The standard InChI is InChI=1S/C26H25FN6O4/c1-16-5-4-10-33-21(16)28-22(32-13-11-31(12-14-32)18-8-6-17(27)7-9-18)19(25(33)36)15-20-23(34)29(2)26(37)30(3)24(20)35/h4-10,15H,11-14H2,1-3H3. The minimum atomic E-state index is -0.783. The number of rotatable bonds is 3. The fraction of sp³-hybridized carbons (Fsp3) is 0.269. The number of carbonyl (C=O) groups excluding carboxylic acids is 3. The summed E-state index contributed by atoms with van der Waals surface area (Å²) < 4.78 is 14.7. The van der Waals surface area contributed by atoms with Gasteiger partial charge in [-0.15, -0.1) is 0 Å². The van der Waals surface area contributed by atoms with E-state index in [-0.39, 0.29) is 17.0 Å². The number of piperazine rings is 1. The van der Waals surface area contributed by atoms with Crippen molar-refractivity contribution in [1.82, 2.24) is 19.2 Å². The fourth-order valence-corrected chi connectivity index (χ4v) is 4.62. The fourth-order valence-electron chi connectivity index (χ4n) is 4.62. The highest BCUT2D eigenvalue weighted by atomic mass is 19.1. The first-order valence-electron chi connectivity index (χ1n) is 11.8. The van der Waals surface area contributed by atoms with Gasteiger partial charge in [0.05, 0.1) is 5.56 Å². The minimum absolute atomic E-state index is 0.0891. The van der Waals surface area contributed by atoms with Gasteiger partial charge in [0.15, 0.2) is 0 Å². The van der Waals surface area contributed by atoms with E-state index in [0.29, 0.717) is 37.6 Å². The summed E-state index contributed by atoms with van der Waals surface area (Å²) in [4.78, 5) is 62.1. The summed E-state index contributed by atoms with van der Waals surface area (Å²) in [5.41, 5.74) is 1.52. The van der Waals surface area contributed by atoms with Crippen LogP contribution in [0.1, 0.15) is 11.1 Å². The number of halogens is 1. The smallest absolute Gasteiger partial charge is 0.333 e. The van der Waals surface area contributed by atoms with Gasteiger partial charge < -0.3 is 9.80 Å². The van der Waals surface area contributed by atoms with E-state index >= 15 is 0 Å². The molecule has 0 N–H and O–H groups in total. The molecule has 2 aliphatic heterocycles. The SMILES string of the molecule is Cc1cccn2c(=O)c(C=C3C(=O)N(C)C(=O)N(C)C3=O)c(N3CCN(c4ccc(F)cc4)CC3)nc12. The molecule has 10 nitrogen and oxygen atoms in total. The first kappa shape index (κ1) is 24.2. The number of barbiturate groups is 1. The van der Waals surface area contributed by atoms with Crippen LogP contribution in [0, 0.1) is 12.7 Å². The van der Waals surface area contributed by atoms with E-state index in [4.69, 9.17) is 4.98 Å². The Balaban J connectivity index is 1.59. The van der Waals surface area contributed by atoms with E-state index in [9.17, 15) is 23.6 Å². The third kappa shape index (κ3) is 4.11. The maximum Gasteiger partial charge on any atom is 0.333 e. The Labute approximate surface area is 211 Å². The van der Waals surface area contributed by atoms with Crippen molar-refractivity contribution in [2.24, 2.45) is 0 Å². The number of nitrogens with zero attached hydrogens (tertiary/aromatic N) is 6. The van der Waals surface area contributed by atoms with Crippen molar-refractivity contribution in [2.45, 2.75) is 6.92 Å². The van der Waals surface area contributed by atoms with Gasteiger partial charge in [0, 0.05) is 52.2 Å². The largest absolute Gasteiger partial charge is 0.368 e. The normalized spacial score (nSPS) is 16.8. The summed E-state index contributed by atoms with van der Waals surface area (Å²) in [5.74, 6) is -1.52. The molecule has 0 unspecified atom stereocenters. The van der Waals surface area contributed by atoms with Crippen molar-refractivity contribution >= 4 is 41.1 Å². The van der Waals surface area contributed by atoms with Gasteiger partial charge in [-0.2, -0.15) is 0 Å². The predicted molar refractivity (Wildman–Crippen MR) is 136 cm³/mol. The van der Waals surface area contributed by atoms with Crippen molar-refractivity contribution in [3.8, 4) is 0 Å². The highest BCUT2D eigenvalue weighted by Crippen LogP contribution is 2.25. The lowest BCUT2D eigenvalue weighted by Crippen LogP contribution is -2.53. The number of pyridine rings is 1. The van der Waals surface area contributed by atoms with E-state index in [2.05, 4.69) is 4.90 Å². The number of urea groups is 1. The van der Waals surface area contributed by atoms with Gasteiger partial charge in [0.2, 0.25) is 0 Å². The van der Waals surface area contributed by atoms with Crippen LogP contribution in [0.5, 0.6) is 0 Å². The number of hydrogen-bond donors (Lipinski definition) is 0. The number of benzene rings is 1. The van der Waals surface area contributed by atoms with E-state index < -0.39 is 23.4 Å². The van der Waals surface area contributed by atoms with Gasteiger partial charge in [-0.25, -0.2) is 14.2 Å². The van der Waals surface area contributed by atoms with Crippen LogP contribution in [-0.4, -0.2) is 77.3 Å². The molecule has 11 heteroatoms. The molecule has 37 heavy (non-hydrogen) atoms. The lowest BCUT2D eigenvalue weighted by atomic mass is 10.1. The number of hydrogen-bond acceptors (Lipinski definition) is 7. The monoisotopic (exact) mass is 504 g/mol. The van der Waals surface area contributed by atoms with Crippen molar-refractivity contribution < 1.29 is 18.8 Å².